The van der Waals surface area contributed by atoms with E-state index in [0.29, 0.717) is 30.2 Å². The van der Waals surface area contributed by atoms with Gasteiger partial charge in [0.2, 0.25) is 0 Å². The molecule has 1 aliphatic heterocycles. The fourth-order valence-corrected chi connectivity index (χ4v) is 4.49. The average molecular weight is 456 g/mol. The Balaban J connectivity index is 1.42. The second-order valence-corrected chi connectivity index (χ2v) is 8.76. The van der Waals surface area contributed by atoms with E-state index in [1.54, 1.807) is 20.3 Å². The number of halogens is 1. The Kier molecular flexibility index (Phi) is 6.72. The van der Waals surface area contributed by atoms with Gasteiger partial charge in [0.25, 0.3) is 0 Å². The fourth-order valence-electron chi connectivity index (χ4n) is 4.49. The lowest BCUT2D eigenvalue weighted by Gasteiger charge is -2.33. The molecule has 33 heavy (non-hydrogen) atoms. The largest absolute Gasteiger partial charge is 0.493 e. The molecule has 1 saturated heterocycles. The smallest absolute Gasteiger partial charge is 0.317 e. The van der Waals surface area contributed by atoms with E-state index in [4.69, 9.17) is 14.0 Å². The number of ether oxygens (including phenoxy) is 2. The lowest BCUT2D eigenvalue weighted by Crippen LogP contribution is -2.46. The van der Waals surface area contributed by atoms with Gasteiger partial charge in [-0.2, -0.15) is 0 Å². The minimum atomic E-state index is -0.342. The number of rotatable bonds is 6. The van der Waals surface area contributed by atoms with E-state index < -0.39 is 0 Å². The molecule has 1 N–H and O–H groups in total. The number of piperidine rings is 1. The van der Waals surface area contributed by atoms with E-state index in [0.717, 1.165) is 29.5 Å². The van der Waals surface area contributed by atoms with Gasteiger partial charge in [0.1, 0.15) is 5.82 Å². The Morgan fingerprint density at radius 1 is 1.12 bits per heavy atom. The highest BCUT2D eigenvalue weighted by Gasteiger charge is 2.29. The Hall–Kier alpha value is -3.29. The summed E-state index contributed by atoms with van der Waals surface area (Å²) in [6.45, 7) is 5.38. The quantitative estimate of drug-likeness (QED) is 0.548. The fraction of sp³-hybridized carbons (Fsp3) is 0.440. The second kappa shape index (κ2) is 9.68. The first-order valence-electron chi connectivity index (χ1n) is 11.2. The lowest BCUT2D eigenvalue weighted by atomic mass is 9.91. The summed E-state index contributed by atoms with van der Waals surface area (Å²) in [7, 11) is 3.20. The van der Waals surface area contributed by atoms with E-state index in [2.05, 4.69) is 24.3 Å². The van der Waals surface area contributed by atoms with Crippen LogP contribution in [0.15, 0.2) is 40.9 Å². The van der Waals surface area contributed by atoms with Gasteiger partial charge >= 0.3 is 6.03 Å². The number of carbonyl (C=O) groups excluding carboxylic acids is 1. The molecule has 0 saturated carbocycles. The molecular formula is C25H30FN3O4. The molecule has 176 valence electrons. The number of benzene rings is 2. The van der Waals surface area contributed by atoms with Crippen molar-refractivity contribution in [1.82, 2.24) is 15.4 Å². The molecule has 2 aromatic carbocycles. The van der Waals surface area contributed by atoms with Crippen molar-refractivity contribution in [2.45, 2.75) is 38.6 Å². The van der Waals surface area contributed by atoms with Gasteiger partial charge in [0, 0.05) is 30.5 Å². The number of nitrogens with zero attached hydrogens (tertiary/aromatic N) is 2. The molecule has 3 aromatic rings. The lowest BCUT2D eigenvalue weighted by molar-refractivity contribution is 0.173. The van der Waals surface area contributed by atoms with Crippen LogP contribution in [0.1, 0.15) is 49.9 Å². The summed E-state index contributed by atoms with van der Waals surface area (Å²) in [6, 6.07) is 9.96. The third kappa shape index (κ3) is 4.74. The van der Waals surface area contributed by atoms with Gasteiger partial charge in [0.05, 0.1) is 26.0 Å². The van der Waals surface area contributed by atoms with Gasteiger partial charge < -0.3 is 24.2 Å². The highest BCUT2D eigenvalue weighted by Crippen LogP contribution is 2.34. The number of urea groups is 1. The number of amides is 2. The van der Waals surface area contributed by atoms with Gasteiger partial charge in [-0.1, -0.05) is 25.1 Å². The SMILES string of the molecule is COc1ccc([C@@H](NC(=O)N2CCC(c3noc4cc(F)ccc34)CC2)C(C)C)cc1OC. The topological polar surface area (TPSA) is 76.8 Å². The summed E-state index contributed by atoms with van der Waals surface area (Å²) < 4.78 is 29.5. The zero-order chi connectivity index (χ0) is 23.5. The number of aromatic nitrogens is 1. The summed E-state index contributed by atoms with van der Waals surface area (Å²) in [5.41, 5.74) is 2.27. The van der Waals surface area contributed by atoms with Gasteiger partial charge in [-0.15, -0.1) is 0 Å². The number of methoxy groups -OCH3 is 2. The molecule has 1 aromatic heterocycles. The van der Waals surface area contributed by atoms with Crippen LogP contribution in [0.4, 0.5) is 9.18 Å². The maximum atomic E-state index is 13.4. The van der Waals surface area contributed by atoms with E-state index >= 15 is 0 Å². The van der Waals surface area contributed by atoms with E-state index in [1.807, 2.05) is 23.1 Å². The molecular weight excluding hydrogens is 425 g/mol. The van der Waals surface area contributed by atoms with Crippen LogP contribution in [-0.4, -0.2) is 43.4 Å². The normalized spacial score (nSPS) is 15.6. The molecule has 4 rings (SSSR count). The highest BCUT2D eigenvalue weighted by molar-refractivity contribution is 5.80. The van der Waals surface area contributed by atoms with Crippen molar-refractivity contribution in [3.05, 3.63) is 53.5 Å². The number of hydrogen-bond donors (Lipinski definition) is 1. The second-order valence-electron chi connectivity index (χ2n) is 8.76. The molecule has 0 spiro atoms. The van der Waals surface area contributed by atoms with Crippen LogP contribution in [0, 0.1) is 11.7 Å². The standard InChI is InChI=1S/C25H30FN3O4/c1-15(2)23(17-5-8-20(31-3)22(13-17)32-4)27-25(30)29-11-9-16(10-12-29)24-19-7-6-18(26)14-21(19)33-28-24/h5-8,13-16,23H,9-12H2,1-4H3,(H,27,30)/t23-/m0/s1. The minimum Gasteiger partial charge on any atom is -0.493 e. The van der Waals surface area contributed by atoms with Gasteiger partial charge in [0.15, 0.2) is 17.1 Å². The van der Waals surface area contributed by atoms with Gasteiger partial charge in [-0.05, 0) is 48.6 Å². The van der Waals surface area contributed by atoms with Crippen LogP contribution in [0.25, 0.3) is 11.0 Å². The summed E-state index contributed by atoms with van der Waals surface area (Å²) in [5, 5.41) is 8.22. The molecule has 1 atom stereocenters. The highest BCUT2D eigenvalue weighted by atomic mass is 19.1. The van der Waals surface area contributed by atoms with Crippen molar-refractivity contribution in [2.24, 2.45) is 5.92 Å². The predicted octanol–water partition coefficient (Wildman–Crippen LogP) is 5.27. The van der Waals surface area contributed by atoms with Crippen LogP contribution in [0.5, 0.6) is 11.5 Å². The molecule has 1 fully saturated rings. The Bertz CT molecular complexity index is 1120. The summed E-state index contributed by atoms with van der Waals surface area (Å²) >= 11 is 0. The molecule has 0 bridgehead atoms. The molecule has 2 heterocycles. The number of nitrogens with one attached hydrogen (secondary N) is 1. The minimum absolute atomic E-state index is 0.0889. The zero-order valence-electron chi connectivity index (χ0n) is 19.4. The van der Waals surface area contributed by atoms with Crippen LogP contribution in [0.2, 0.25) is 0 Å². The van der Waals surface area contributed by atoms with Crippen molar-refractivity contribution >= 4 is 17.0 Å². The molecule has 2 amide bonds. The van der Waals surface area contributed by atoms with E-state index in [1.165, 1.54) is 12.1 Å². The number of carbonyl (C=O) groups is 1. The molecule has 7 nitrogen and oxygen atoms in total. The monoisotopic (exact) mass is 455 g/mol. The van der Waals surface area contributed by atoms with Gasteiger partial charge in [-0.25, -0.2) is 9.18 Å². The summed E-state index contributed by atoms with van der Waals surface area (Å²) in [6.07, 6.45) is 1.55. The van der Waals surface area contributed by atoms with Crippen LogP contribution in [0.3, 0.4) is 0 Å². The summed E-state index contributed by atoms with van der Waals surface area (Å²) in [4.78, 5) is 14.9. The van der Waals surface area contributed by atoms with E-state index in [9.17, 15) is 9.18 Å². The predicted molar refractivity (Wildman–Crippen MR) is 123 cm³/mol. The summed E-state index contributed by atoms with van der Waals surface area (Å²) in [5.74, 6) is 1.31. The number of hydrogen-bond acceptors (Lipinski definition) is 5. The van der Waals surface area contributed by atoms with Crippen molar-refractivity contribution < 1.29 is 23.2 Å². The molecule has 1 aliphatic rings. The zero-order valence-corrected chi connectivity index (χ0v) is 19.4. The Labute approximate surface area is 192 Å². The number of fused-ring (bicyclic) bond motifs is 1. The van der Waals surface area contributed by atoms with Gasteiger partial charge in [-0.3, -0.25) is 0 Å². The number of likely N-dealkylation sites (tertiary alicyclic amines) is 1. The average Bonchev–Trinajstić information content (AvgIpc) is 3.24. The van der Waals surface area contributed by atoms with Crippen molar-refractivity contribution in [3.8, 4) is 11.5 Å². The van der Waals surface area contributed by atoms with Crippen LogP contribution in [-0.2, 0) is 0 Å². The maximum absolute atomic E-state index is 13.4. The third-order valence-electron chi connectivity index (χ3n) is 6.34. The van der Waals surface area contributed by atoms with Crippen LogP contribution >= 0.6 is 0 Å². The first-order chi connectivity index (χ1) is 15.9. The maximum Gasteiger partial charge on any atom is 0.317 e. The first kappa shape index (κ1) is 22.9. The Morgan fingerprint density at radius 2 is 1.85 bits per heavy atom. The van der Waals surface area contributed by atoms with Crippen molar-refractivity contribution in [1.29, 1.82) is 0 Å². The van der Waals surface area contributed by atoms with Crippen molar-refractivity contribution in [2.75, 3.05) is 27.3 Å². The first-order valence-corrected chi connectivity index (χ1v) is 11.2. The van der Waals surface area contributed by atoms with Crippen molar-refractivity contribution in [3.63, 3.8) is 0 Å². The Morgan fingerprint density at radius 3 is 2.52 bits per heavy atom. The van der Waals surface area contributed by atoms with Crippen LogP contribution < -0.4 is 14.8 Å². The molecule has 8 heteroatoms. The molecule has 0 aliphatic carbocycles. The molecule has 0 unspecified atom stereocenters. The third-order valence-corrected chi connectivity index (χ3v) is 6.34. The van der Waals surface area contributed by atoms with E-state index in [-0.39, 0.29) is 29.7 Å². The molecule has 0 radical (unpaired) electrons.